The summed E-state index contributed by atoms with van der Waals surface area (Å²) in [5.74, 6) is -4.66. The number of benzene rings is 2. The van der Waals surface area contributed by atoms with Crippen LogP contribution in [0.15, 0.2) is 30.3 Å². The smallest absolute Gasteiger partial charge is 0.308 e. The van der Waals surface area contributed by atoms with Gasteiger partial charge >= 0.3 is 41.8 Å². The molecule has 0 saturated carbocycles. The number of hydrogen-bond acceptors (Lipinski definition) is 18. The van der Waals surface area contributed by atoms with Crippen LogP contribution in [0.25, 0.3) is 0 Å². The van der Waals surface area contributed by atoms with Gasteiger partial charge in [-0.15, -0.1) is 0 Å². The fourth-order valence-corrected chi connectivity index (χ4v) is 6.38. The van der Waals surface area contributed by atoms with Crippen molar-refractivity contribution in [3.63, 3.8) is 0 Å². The van der Waals surface area contributed by atoms with Gasteiger partial charge in [-0.3, -0.25) is 33.6 Å². The first-order chi connectivity index (χ1) is 27.0. The Labute approximate surface area is 328 Å². The van der Waals surface area contributed by atoms with E-state index in [2.05, 4.69) is 0 Å². The second-order valence-electron chi connectivity index (χ2n) is 13.1. The van der Waals surface area contributed by atoms with E-state index < -0.39 is 91.1 Å². The van der Waals surface area contributed by atoms with Crippen molar-refractivity contribution in [3.05, 3.63) is 47.0 Å². The minimum atomic E-state index is -1.54. The maximum absolute atomic E-state index is 12.3. The van der Waals surface area contributed by atoms with Crippen LogP contribution < -0.4 is 18.9 Å². The zero-order valence-corrected chi connectivity index (χ0v) is 32.8. The molecule has 7 atom stereocenters. The van der Waals surface area contributed by atoms with Crippen LogP contribution in [0.4, 0.5) is 0 Å². The standard InChI is InChI=1S/C39H46O18/c1-19(40)48-13-9-10-26-14-28-29(17-49-20(2)41)34(57-35(28)32(15-26)51-22(4)43)27-11-12-30(31(16-27)47-8)55-39-38(54-25(7)46)37(53-24(6)45)36(52-23(5)44)33(56-39)18-50-21(3)42/h11-12,14-16,29,33-34,36-39H,9-10,13,17-18H2,1-8H3/t29-,33+,34+,36+,37-,38+,39?/m0/s1. The van der Waals surface area contributed by atoms with Crippen LogP contribution in [0.3, 0.4) is 0 Å². The Hall–Kier alpha value is -5.91. The van der Waals surface area contributed by atoms with Gasteiger partial charge in [-0.05, 0) is 42.2 Å². The fourth-order valence-electron chi connectivity index (χ4n) is 6.38. The highest BCUT2D eigenvalue weighted by molar-refractivity contribution is 5.72. The normalized spacial score (nSPS) is 22.1. The molecule has 0 bridgehead atoms. The third-order valence-corrected chi connectivity index (χ3v) is 8.50. The molecule has 18 heteroatoms. The number of ether oxygens (including phenoxy) is 11. The van der Waals surface area contributed by atoms with Crippen LogP contribution >= 0.6 is 0 Å². The monoisotopic (exact) mass is 802 g/mol. The first-order valence-electron chi connectivity index (χ1n) is 17.9. The van der Waals surface area contributed by atoms with Crippen molar-refractivity contribution in [1.29, 1.82) is 0 Å². The molecule has 57 heavy (non-hydrogen) atoms. The molecule has 310 valence electrons. The Bertz CT molecular complexity index is 1840. The van der Waals surface area contributed by atoms with E-state index in [1.165, 1.54) is 33.9 Å². The van der Waals surface area contributed by atoms with Crippen molar-refractivity contribution in [1.82, 2.24) is 0 Å². The maximum atomic E-state index is 12.3. The molecule has 1 unspecified atom stereocenters. The van der Waals surface area contributed by atoms with Crippen molar-refractivity contribution in [2.45, 2.75) is 104 Å². The molecule has 1 fully saturated rings. The summed E-state index contributed by atoms with van der Waals surface area (Å²) in [6, 6.07) is 8.23. The molecule has 18 nitrogen and oxygen atoms in total. The number of esters is 7. The van der Waals surface area contributed by atoms with Crippen LogP contribution in [-0.4, -0.2) is 99.4 Å². The van der Waals surface area contributed by atoms with Crippen molar-refractivity contribution >= 4 is 41.8 Å². The Morgan fingerprint density at radius 2 is 1.25 bits per heavy atom. The van der Waals surface area contributed by atoms with Crippen LogP contribution in [-0.2, 0) is 73.1 Å². The average Bonchev–Trinajstić information content (AvgIpc) is 3.48. The van der Waals surface area contributed by atoms with Crippen molar-refractivity contribution in [2.75, 3.05) is 26.9 Å². The van der Waals surface area contributed by atoms with E-state index in [4.69, 9.17) is 52.1 Å². The lowest BCUT2D eigenvalue weighted by molar-refractivity contribution is -0.288. The second kappa shape index (κ2) is 19.8. The number of fused-ring (bicyclic) bond motifs is 1. The lowest BCUT2D eigenvalue weighted by Gasteiger charge is -2.44. The van der Waals surface area contributed by atoms with E-state index in [9.17, 15) is 33.6 Å². The quantitative estimate of drug-likeness (QED) is 0.103. The largest absolute Gasteiger partial charge is 0.493 e. The first-order valence-corrected chi connectivity index (χ1v) is 17.9. The number of hydrogen-bond donors (Lipinski definition) is 0. The maximum Gasteiger partial charge on any atom is 0.308 e. The molecule has 0 radical (unpaired) electrons. The predicted molar refractivity (Wildman–Crippen MR) is 191 cm³/mol. The zero-order chi connectivity index (χ0) is 42.0. The lowest BCUT2D eigenvalue weighted by atomic mass is 9.90. The van der Waals surface area contributed by atoms with Gasteiger partial charge in [0.2, 0.25) is 12.4 Å². The predicted octanol–water partition coefficient (Wildman–Crippen LogP) is 3.36. The van der Waals surface area contributed by atoms with Gasteiger partial charge in [0.1, 0.15) is 25.4 Å². The molecule has 0 spiro atoms. The average molecular weight is 803 g/mol. The van der Waals surface area contributed by atoms with Gasteiger partial charge < -0.3 is 52.1 Å². The molecule has 0 N–H and O–H groups in total. The summed E-state index contributed by atoms with van der Waals surface area (Å²) in [6.45, 7) is 7.90. The summed E-state index contributed by atoms with van der Waals surface area (Å²) in [6.07, 6.45) is -7.04. The molecule has 4 rings (SSSR count). The fraction of sp³-hybridized carbons (Fsp3) is 0.513. The summed E-state index contributed by atoms with van der Waals surface area (Å²) in [4.78, 5) is 83.9. The summed E-state index contributed by atoms with van der Waals surface area (Å²) < 4.78 is 62.1. The summed E-state index contributed by atoms with van der Waals surface area (Å²) >= 11 is 0. The van der Waals surface area contributed by atoms with Gasteiger partial charge in [-0.2, -0.15) is 0 Å². The molecule has 2 aromatic carbocycles. The van der Waals surface area contributed by atoms with Crippen molar-refractivity contribution < 1.29 is 85.7 Å². The molecule has 2 aromatic rings. The summed E-state index contributed by atoms with van der Waals surface area (Å²) in [5.41, 5.74) is 1.86. The highest BCUT2D eigenvalue weighted by Gasteiger charge is 2.53. The Balaban J connectivity index is 1.73. The number of carbonyl (C=O) groups is 7. The van der Waals surface area contributed by atoms with E-state index in [0.29, 0.717) is 24.0 Å². The topological polar surface area (TPSA) is 221 Å². The van der Waals surface area contributed by atoms with Crippen LogP contribution in [0, 0.1) is 0 Å². The molecule has 0 aromatic heterocycles. The molecule has 1 saturated heterocycles. The molecule has 2 aliphatic rings. The highest BCUT2D eigenvalue weighted by Crippen LogP contribution is 2.52. The number of rotatable bonds is 16. The van der Waals surface area contributed by atoms with Crippen molar-refractivity contribution in [2.24, 2.45) is 0 Å². The van der Waals surface area contributed by atoms with Gasteiger partial charge in [0, 0.05) is 54.0 Å². The van der Waals surface area contributed by atoms with E-state index in [1.807, 2.05) is 6.07 Å². The molecular weight excluding hydrogens is 756 g/mol. The SMILES string of the molecule is COc1cc([C@H]2Oc3c(OC(C)=O)cc(CCCOC(C)=O)cc3[C@@H]2COC(C)=O)ccc1OC1O[C@H](COC(C)=O)[C@@H](OC(C)=O)[C@H](OC(C)=O)[C@H]1OC(C)=O. The van der Waals surface area contributed by atoms with Gasteiger partial charge in [-0.25, -0.2) is 0 Å². The molecule has 0 amide bonds. The van der Waals surface area contributed by atoms with Crippen molar-refractivity contribution in [3.8, 4) is 23.0 Å². The third-order valence-electron chi connectivity index (χ3n) is 8.50. The van der Waals surface area contributed by atoms with Gasteiger partial charge in [0.05, 0.1) is 19.6 Å². The molecular formula is C39H46O18. The third kappa shape index (κ3) is 12.0. The second-order valence-corrected chi connectivity index (χ2v) is 13.1. The number of aryl methyl sites for hydroxylation is 1. The Morgan fingerprint density at radius 1 is 0.632 bits per heavy atom. The number of carbonyl (C=O) groups excluding carboxylic acids is 7. The van der Waals surface area contributed by atoms with Gasteiger partial charge in [0.25, 0.3) is 0 Å². The van der Waals surface area contributed by atoms with E-state index >= 15 is 0 Å². The highest BCUT2D eigenvalue weighted by atomic mass is 16.7. The summed E-state index contributed by atoms with van der Waals surface area (Å²) in [7, 11) is 1.36. The van der Waals surface area contributed by atoms with Crippen LogP contribution in [0.1, 0.15) is 83.6 Å². The minimum absolute atomic E-state index is 0.0462. The van der Waals surface area contributed by atoms with Gasteiger partial charge in [-0.1, -0.05) is 12.1 Å². The molecule has 0 aliphatic carbocycles. The zero-order valence-electron chi connectivity index (χ0n) is 32.8. The van der Waals surface area contributed by atoms with Crippen LogP contribution in [0.2, 0.25) is 0 Å². The van der Waals surface area contributed by atoms with E-state index in [0.717, 1.165) is 33.3 Å². The van der Waals surface area contributed by atoms with E-state index in [1.54, 1.807) is 18.2 Å². The molecule has 2 heterocycles. The lowest BCUT2D eigenvalue weighted by Crippen LogP contribution is -2.63. The Kier molecular flexibility index (Phi) is 15.2. The van der Waals surface area contributed by atoms with E-state index in [-0.39, 0.29) is 36.2 Å². The number of methoxy groups -OCH3 is 1. The molecule has 2 aliphatic heterocycles. The Morgan fingerprint density at radius 3 is 1.84 bits per heavy atom. The van der Waals surface area contributed by atoms with Gasteiger partial charge in [0.15, 0.2) is 35.2 Å². The summed E-state index contributed by atoms with van der Waals surface area (Å²) in [5, 5.41) is 0. The minimum Gasteiger partial charge on any atom is -0.493 e. The van der Waals surface area contributed by atoms with Crippen LogP contribution in [0.5, 0.6) is 23.0 Å². The first kappa shape index (κ1) is 43.8.